The largest absolute Gasteiger partial charge is 0.504 e. The summed E-state index contributed by atoms with van der Waals surface area (Å²) in [4.78, 5) is 0. The van der Waals surface area contributed by atoms with E-state index >= 15 is 0 Å². The summed E-state index contributed by atoms with van der Waals surface area (Å²) in [6.07, 6.45) is -0.189. The highest BCUT2D eigenvalue weighted by Crippen LogP contribution is 2.29. The van der Waals surface area contributed by atoms with Crippen molar-refractivity contribution in [3.8, 4) is 11.5 Å². The van der Waals surface area contributed by atoms with Gasteiger partial charge in [-0.2, -0.15) is 0 Å². The van der Waals surface area contributed by atoms with Crippen molar-refractivity contribution >= 4 is 0 Å². The third-order valence-corrected chi connectivity index (χ3v) is 2.02. The van der Waals surface area contributed by atoms with E-state index in [0.717, 1.165) is 5.56 Å². The number of hydrogen-bond donors (Lipinski definition) is 3. The number of ether oxygens (including phenoxy) is 1. The van der Waals surface area contributed by atoms with Crippen LogP contribution >= 0.6 is 0 Å². The van der Waals surface area contributed by atoms with Crippen molar-refractivity contribution in [3.05, 3.63) is 23.8 Å². The fourth-order valence-electron chi connectivity index (χ4n) is 1.34. The Morgan fingerprint density at radius 3 is 2.40 bits per heavy atom. The molecule has 0 heterocycles. The fourth-order valence-corrected chi connectivity index (χ4v) is 1.34. The first kappa shape index (κ1) is 11.8. The van der Waals surface area contributed by atoms with Gasteiger partial charge in [-0.3, -0.25) is 0 Å². The lowest BCUT2D eigenvalue weighted by Crippen LogP contribution is -2.19. The van der Waals surface area contributed by atoms with Gasteiger partial charge in [-0.05, 0) is 31.5 Å². The molecule has 1 rings (SSSR count). The first-order valence-corrected chi connectivity index (χ1v) is 4.92. The molecule has 4 N–H and O–H groups in total. The van der Waals surface area contributed by atoms with Crippen molar-refractivity contribution in [3.63, 3.8) is 0 Å². The van der Waals surface area contributed by atoms with Gasteiger partial charge in [-0.15, -0.1) is 0 Å². The predicted molar refractivity (Wildman–Crippen MR) is 57.8 cm³/mol. The Hall–Kier alpha value is -1.26. The van der Waals surface area contributed by atoms with E-state index in [2.05, 4.69) is 0 Å². The molecule has 15 heavy (non-hydrogen) atoms. The van der Waals surface area contributed by atoms with Crippen LogP contribution in [0.15, 0.2) is 18.2 Å². The molecule has 4 heteroatoms. The standard InChI is InChI=1S/C11H17NO3/c1-7(2)15-11(6-12)8-3-4-9(13)10(14)5-8/h3-5,7,11,13-14H,6,12H2,1-2H3. The van der Waals surface area contributed by atoms with Crippen LogP contribution in [0, 0.1) is 0 Å². The van der Waals surface area contributed by atoms with Gasteiger partial charge in [-0.1, -0.05) is 6.07 Å². The minimum atomic E-state index is -0.253. The molecule has 0 saturated carbocycles. The molecule has 0 amide bonds. The van der Waals surface area contributed by atoms with Crippen molar-refractivity contribution in [2.24, 2.45) is 5.73 Å². The zero-order valence-electron chi connectivity index (χ0n) is 8.97. The van der Waals surface area contributed by atoms with Crippen molar-refractivity contribution < 1.29 is 14.9 Å². The Balaban J connectivity index is 2.87. The number of hydrogen-bond acceptors (Lipinski definition) is 4. The molecule has 0 bridgehead atoms. The van der Waals surface area contributed by atoms with Crippen molar-refractivity contribution in [1.29, 1.82) is 0 Å². The molecule has 1 aromatic rings. The number of rotatable bonds is 4. The van der Waals surface area contributed by atoms with Gasteiger partial charge in [0.15, 0.2) is 11.5 Å². The van der Waals surface area contributed by atoms with Gasteiger partial charge in [0.25, 0.3) is 0 Å². The molecule has 0 aliphatic rings. The first-order valence-electron chi connectivity index (χ1n) is 4.92. The molecule has 0 aromatic heterocycles. The Morgan fingerprint density at radius 1 is 1.27 bits per heavy atom. The van der Waals surface area contributed by atoms with Crippen LogP contribution < -0.4 is 5.73 Å². The number of phenolic OH excluding ortho intramolecular Hbond substituents is 2. The van der Waals surface area contributed by atoms with Crippen molar-refractivity contribution in [2.75, 3.05) is 6.54 Å². The molecule has 0 spiro atoms. The van der Waals surface area contributed by atoms with Gasteiger partial charge in [0.1, 0.15) is 0 Å². The molecule has 84 valence electrons. The van der Waals surface area contributed by atoms with Gasteiger partial charge >= 0.3 is 0 Å². The second kappa shape index (κ2) is 5.00. The maximum atomic E-state index is 9.33. The Bertz CT molecular complexity index is 326. The maximum Gasteiger partial charge on any atom is 0.157 e. The molecule has 0 fully saturated rings. The van der Waals surface area contributed by atoms with Gasteiger partial charge in [0.2, 0.25) is 0 Å². The van der Waals surface area contributed by atoms with Crippen LogP contribution in [0.3, 0.4) is 0 Å². The topological polar surface area (TPSA) is 75.7 Å². The minimum Gasteiger partial charge on any atom is -0.504 e. The second-order valence-electron chi connectivity index (χ2n) is 3.66. The molecule has 1 unspecified atom stereocenters. The minimum absolute atomic E-state index is 0.0643. The predicted octanol–water partition coefficient (Wildman–Crippen LogP) is 1.52. The average Bonchev–Trinajstić information content (AvgIpc) is 2.18. The summed E-state index contributed by atoms with van der Waals surface area (Å²) >= 11 is 0. The Labute approximate surface area is 89.3 Å². The quantitative estimate of drug-likeness (QED) is 0.660. The summed E-state index contributed by atoms with van der Waals surface area (Å²) in [5, 5.41) is 18.5. The summed E-state index contributed by atoms with van der Waals surface area (Å²) in [6.45, 7) is 4.17. The molecular weight excluding hydrogens is 194 g/mol. The van der Waals surface area contributed by atoms with E-state index in [0.29, 0.717) is 6.54 Å². The zero-order valence-corrected chi connectivity index (χ0v) is 8.97. The molecule has 4 nitrogen and oxygen atoms in total. The number of phenols is 2. The molecule has 0 aliphatic heterocycles. The van der Waals surface area contributed by atoms with Crippen LogP contribution in [0.5, 0.6) is 11.5 Å². The van der Waals surface area contributed by atoms with Gasteiger partial charge in [-0.25, -0.2) is 0 Å². The van der Waals surface area contributed by atoms with Gasteiger partial charge in [0, 0.05) is 6.54 Å². The van der Waals surface area contributed by atoms with Crippen LogP contribution in [-0.2, 0) is 4.74 Å². The van der Waals surface area contributed by atoms with E-state index in [1.807, 2.05) is 13.8 Å². The lowest BCUT2D eigenvalue weighted by molar-refractivity contribution is 0.0118. The number of benzene rings is 1. The third-order valence-electron chi connectivity index (χ3n) is 2.02. The first-order chi connectivity index (χ1) is 7.04. The van der Waals surface area contributed by atoms with E-state index < -0.39 is 0 Å². The second-order valence-corrected chi connectivity index (χ2v) is 3.66. The van der Waals surface area contributed by atoms with Crippen LogP contribution in [0.2, 0.25) is 0 Å². The van der Waals surface area contributed by atoms with E-state index in [4.69, 9.17) is 15.6 Å². The normalized spacial score (nSPS) is 13.1. The smallest absolute Gasteiger partial charge is 0.157 e. The highest BCUT2D eigenvalue weighted by molar-refractivity contribution is 5.41. The summed E-state index contributed by atoms with van der Waals surface area (Å²) in [5.74, 6) is -0.294. The van der Waals surface area contributed by atoms with E-state index in [9.17, 15) is 5.11 Å². The SMILES string of the molecule is CC(C)OC(CN)c1ccc(O)c(O)c1. The molecule has 0 radical (unpaired) electrons. The van der Waals surface area contributed by atoms with E-state index in [-0.39, 0.29) is 23.7 Å². The summed E-state index contributed by atoms with van der Waals surface area (Å²) in [7, 11) is 0. The number of aromatic hydroxyl groups is 2. The highest BCUT2D eigenvalue weighted by atomic mass is 16.5. The number of nitrogens with two attached hydrogens (primary N) is 1. The molecule has 0 aliphatic carbocycles. The Kier molecular flexibility index (Phi) is 3.94. The molecule has 1 atom stereocenters. The molecule has 1 aromatic carbocycles. The van der Waals surface area contributed by atoms with Crippen LogP contribution in [-0.4, -0.2) is 22.9 Å². The van der Waals surface area contributed by atoms with Crippen molar-refractivity contribution in [1.82, 2.24) is 0 Å². The summed E-state index contributed by atoms with van der Waals surface area (Å²) < 4.78 is 5.56. The van der Waals surface area contributed by atoms with Crippen LogP contribution in [0.4, 0.5) is 0 Å². The van der Waals surface area contributed by atoms with Gasteiger partial charge in [0.05, 0.1) is 12.2 Å². The van der Waals surface area contributed by atoms with E-state index in [1.54, 1.807) is 6.07 Å². The van der Waals surface area contributed by atoms with E-state index in [1.165, 1.54) is 12.1 Å². The fraction of sp³-hybridized carbons (Fsp3) is 0.455. The lowest BCUT2D eigenvalue weighted by atomic mass is 10.1. The van der Waals surface area contributed by atoms with Gasteiger partial charge < -0.3 is 20.7 Å². The summed E-state index contributed by atoms with van der Waals surface area (Å²) in [5.41, 5.74) is 6.34. The zero-order chi connectivity index (χ0) is 11.4. The lowest BCUT2D eigenvalue weighted by Gasteiger charge is -2.19. The van der Waals surface area contributed by atoms with Crippen molar-refractivity contribution in [2.45, 2.75) is 26.1 Å². The van der Waals surface area contributed by atoms with Crippen LogP contribution in [0.1, 0.15) is 25.5 Å². The van der Waals surface area contributed by atoms with Crippen LogP contribution in [0.25, 0.3) is 0 Å². The highest BCUT2D eigenvalue weighted by Gasteiger charge is 2.13. The summed E-state index contributed by atoms with van der Waals surface area (Å²) in [6, 6.07) is 4.58. The molecule has 0 saturated heterocycles. The Morgan fingerprint density at radius 2 is 1.93 bits per heavy atom. The third kappa shape index (κ3) is 3.11. The molecular formula is C11H17NO3. The maximum absolute atomic E-state index is 9.33. The average molecular weight is 211 g/mol. The monoisotopic (exact) mass is 211 g/mol.